The first kappa shape index (κ1) is 12.7. The Morgan fingerprint density at radius 3 is 2.21 bits per heavy atom. The zero-order valence-corrected chi connectivity index (χ0v) is 10.5. The Morgan fingerprint density at radius 1 is 1.00 bits per heavy atom. The summed E-state index contributed by atoms with van der Waals surface area (Å²) < 4.78 is 5.53. The van der Waals surface area contributed by atoms with E-state index in [2.05, 4.69) is 9.98 Å². The maximum absolute atomic E-state index is 5.54. The summed E-state index contributed by atoms with van der Waals surface area (Å²) in [4.78, 5) is 7.69. The average Bonchev–Trinajstić information content (AvgIpc) is 2.75. The molecule has 0 aliphatic heterocycles. The van der Waals surface area contributed by atoms with Gasteiger partial charge in [-0.2, -0.15) is 4.99 Å². The maximum atomic E-state index is 5.54. The van der Waals surface area contributed by atoms with Crippen molar-refractivity contribution < 1.29 is 4.42 Å². The van der Waals surface area contributed by atoms with Gasteiger partial charge in [-0.1, -0.05) is 0 Å². The van der Waals surface area contributed by atoms with Gasteiger partial charge in [-0.25, -0.2) is 4.99 Å². The van der Waals surface area contributed by atoms with E-state index < -0.39 is 0 Å². The molecule has 1 heterocycles. The predicted molar refractivity (Wildman–Crippen MR) is 76.0 cm³/mol. The van der Waals surface area contributed by atoms with Gasteiger partial charge in [-0.05, 0) is 43.3 Å². The van der Waals surface area contributed by atoms with Crippen molar-refractivity contribution in [1.29, 1.82) is 0 Å². The van der Waals surface area contributed by atoms with E-state index in [1.165, 1.54) is 0 Å². The number of aryl methyl sites for hydroxylation is 1. The number of aliphatic imine (C=N–C) groups is 2. The normalized spacial score (nSPS) is 11.3. The number of guanidine groups is 2. The minimum Gasteiger partial charge on any atom is -0.461 e. The minimum absolute atomic E-state index is 0.0154. The molecule has 0 aliphatic rings. The van der Waals surface area contributed by atoms with Gasteiger partial charge < -0.3 is 21.6 Å². The molecule has 6 nitrogen and oxygen atoms in total. The summed E-state index contributed by atoms with van der Waals surface area (Å²) in [6, 6.07) is 11.2. The van der Waals surface area contributed by atoms with Crippen LogP contribution in [0.1, 0.15) is 5.76 Å². The van der Waals surface area contributed by atoms with Crippen molar-refractivity contribution in [3.05, 3.63) is 42.2 Å². The third-order valence-electron chi connectivity index (χ3n) is 2.38. The fraction of sp³-hybridized carbons (Fsp3) is 0.0769. The van der Waals surface area contributed by atoms with Crippen LogP contribution in [0.5, 0.6) is 0 Å². The molecule has 2 rings (SSSR count). The molecule has 1 aromatic heterocycles. The zero-order valence-electron chi connectivity index (χ0n) is 10.5. The molecule has 2 aromatic rings. The lowest BCUT2D eigenvalue weighted by molar-refractivity contribution is 0.548. The van der Waals surface area contributed by atoms with E-state index >= 15 is 0 Å². The molecule has 0 bridgehead atoms. The molecule has 0 radical (unpaired) electrons. The van der Waals surface area contributed by atoms with Gasteiger partial charge in [0.1, 0.15) is 11.5 Å². The largest absolute Gasteiger partial charge is 0.461 e. The molecule has 6 heteroatoms. The molecule has 0 amide bonds. The minimum atomic E-state index is -0.121. The number of hydrogen-bond acceptors (Lipinski definition) is 2. The standard InChI is InChI=1S/C13H15N5O/c1-8-2-7-11(19-8)9-3-5-10(6-4-9)17-13(16)18-12(14)15/h2-7H,1H3,(H6,14,15,16,17,18). The second kappa shape index (κ2) is 5.26. The average molecular weight is 257 g/mol. The molecule has 0 saturated heterocycles. The van der Waals surface area contributed by atoms with Crippen molar-refractivity contribution in [2.75, 3.05) is 0 Å². The van der Waals surface area contributed by atoms with Crippen LogP contribution in [0.4, 0.5) is 5.69 Å². The van der Waals surface area contributed by atoms with Gasteiger partial charge >= 0.3 is 0 Å². The number of nitrogens with two attached hydrogens (primary N) is 3. The van der Waals surface area contributed by atoms with Gasteiger partial charge in [-0.3, -0.25) is 0 Å². The van der Waals surface area contributed by atoms with Crippen LogP contribution in [0.2, 0.25) is 0 Å². The molecule has 19 heavy (non-hydrogen) atoms. The second-order valence-electron chi connectivity index (χ2n) is 3.96. The van der Waals surface area contributed by atoms with E-state index in [4.69, 9.17) is 21.6 Å². The maximum Gasteiger partial charge on any atom is 0.223 e. The van der Waals surface area contributed by atoms with Crippen LogP contribution in [0, 0.1) is 6.92 Å². The van der Waals surface area contributed by atoms with Crippen molar-refractivity contribution >= 4 is 17.6 Å². The Bertz CT molecular complexity index is 621. The summed E-state index contributed by atoms with van der Waals surface area (Å²) in [6.45, 7) is 1.90. The SMILES string of the molecule is Cc1ccc(-c2ccc(N=C(N)N=C(N)N)cc2)o1. The summed E-state index contributed by atoms with van der Waals surface area (Å²) in [6.07, 6.45) is 0. The van der Waals surface area contributed by atoms with Gasteiger partial charge in [0.25, 0.3) is 0 Å². The van der Waals surface area contributed by atoms with Crippen LogP contribution < -0.4 is 17.2 Å². The summed E-state index contributed by atoms with van der Waals surface area (Å²) in [5, 5.41) is 0. The van der Waals surface area contributed by atoms with E-state index in [-0.39, 0.29) is 11.9 Å². The van der Waals surface area contributed by atoms with Gasteiger partial charge in [-0.15, -0.1) is 0 Å². The Balaban J connectivity index is 2.22. The molecular weight excluding hydrogens is 242 g/mol. The lowest BCUT2D eigenvalue weighted by Gasteiger charge is -1.99. The third kappa shape index (κ3) is 3.35. The molecule has 0 spiro atoms. The van der Waals surface area contributed by atoms with Gasteiger partial charge in [0.05, 0.1) is 5.69 Å². The van der Waals surface area contributed by atoms with E-state index in [0.29, 0.717) is 5.69 Å². The van der Waals surface area contributed by atoms with Gasteiger partial charge in [0, 0.05) is 5.56 Å². The number of nitrogens with zero attached hydrogens (tertiary/aromatic N) is 2. The summed E-state index contributed by atoms with van der Waals surface area (Å²) in [5.41, 5.74) is 17.6. The smallest absolute Gasteiger partial charge is 0.223 e. The molecule has 0 unspecified atom stereocenters. The summed E-state index contributed by atoms with van der Waals surface area (Å²) >= 11 is 0. The number of rotatable bonds is 2. The zero-order chi connectivity index (χ0) is 13.8. The molecule has 6 N–H and O–H groups in total. The fourth-order valence-electron chi connectivity index (χ4n) is 1.58. The topological polar surface area (TPSA) is 116 Å². The van der Waals surface area contributed by atoms with E-state index in [1.54, 1.807) is 0 Å². The molecule has 0 fully saturated rings. The number of benzene rings is 1. The van der Waals surface area contributed by atoms with Crippen LogP contribution >= 0.6 is 0 Å². The highest BCUT2D eigenvalue weighted by molar-refractivity contribution is 5.93. The first-order chi connectivity index (χ1) is 9.04. The lowest BCUT2D eigenvalue weighted by atomic mass is 10.1. The highest BCUT2D eigenvalue weighted by atomic mass is 16.3. The number of furan rings is 1. The van der Waals surface area contributed by atoms with Crippen LogP contribution in [0.25, 0.3) is 11.3 Å². The summed E-state index contributed by atoms with van der Waals surface area (Å²) in [5.74, 6) is 1.57. The Hall–Kier alpha value is -2.76. The van der Waals surface area contributed by atoms with Gasteiger partial charge in [0.15, 0.2) is 5.96 Å². The second-order valence-corrected chi connectivity index (χ2v) is 3.96. The lowest BCUT2D eigenvalue weighted by Crippen LogP contribution is -2.26. The fourth-order valence-corrected chi connectivity index (χ4v) is 1.58. The van der Waals surface area contributed by atoms with E-state index in [0.717, 1.165) is 17.1 Å². The van der Waals surface area contributed by atoms with Crippen LogP contribution in [0.15, 0.2) is 50.8 Å². The van der Waals surface area contributed by atoms with Crippen molar-refractivity contribution in [1.82, 2.24) is 0 Å². The highest BCUT2D eigenvalue weighted by Gasteiger charge is 2.02. The molecule has 1 aromatic carbocycles. The molecule has 0 atom stereocenters. The Labute approximate surface area is 110 Å². The predicted octanol–water partition coefficient (Wildman–Crippen LogP) is 1.47. The molecule has 0 aliphatic carbocycles. The Kier molecular flexibility index (Phi) is 3.51. The summed E-state index contributed by atoms with van der Waals surface area (Å²) in [7, 11) is 0. The van der Waals surface area contributed by atoms with Crippen LogP contribution in [-0.4, -0.2) is 11.9 Å². The molecule has 0 saturated carbocycles. The van der Waals surface area contributed by atoms with Crippen molar-refractivity contribution in [2.45, 2.75) is 6.92 Å². The Morgan fingerprint density at radius 2 is 1.68 bits per heavy atom. The van der Waals surface area contributed by atoms with Crippen molar-refractivity contribution in [3.63, 3.8) is 0 Å². The van der Waals surface area contributed by atoms with Gasteiger partial charge in [0.2, 0.25) is 5.96 Å². The first-order valence-corrected chi connectivity index (χ1v) is 5.65. The van der Waals surface area contributed by atoms with Crippen LogP contribution in [0.3, 0.4) is 0 Å². The van der Waals surface area contributed by atoms with E-state index in [1.807, 2.05) is 43.3 Å². The monoisotopic (exact) mass is 257 g/mol. The van der Waals surface area contributed by atoms with Crippen molar-refractivity contribution in [2.24, 2.45) is 27.2 Å². The van der Waals surface area contributed by atoms with Crippen LogP contribution in [-0.2, 0) is 0 Å². The first-order valence-electron chi connectivity index (χ1n) is 5.65. The molecular formula is C13H15N5O. The van der Waals surface area contributed by atoms with Crippen molar-refractivity contribution in [3.8, 4) is 11.3 Å². The molecule has 98 valence electrons. The highest BCUT2D eigenvalue weighted by Crippen LogP contribution is 2.24. The quantitative estimate of drug-likeness (QED) is 0.558. The van der Waals surface area contributed by atoms with E-state index in [9.17, 15) is 0 Å². The third-order valence-corrected chi connectivity index (χ3v) is 2.38. The number of hydrogen-bond donors (Lipinski definition) is 3.